The predicted molar refractivity (Wildman–Crippen MR) is 89.7 cm³/mol. The Morgan fingerprint density at radius 2 is 2.00 bits per heavy atom. The van der Waals surface area contributed by atoms with Crippen LogP contribution in [0, 0.1) is 11.3 Å². The van der Waals surface area contributed by atoms with Crippen molar-refractivity contribution in [2.45, 2.75) is 64.2 Å². The van der Waals surface area contributed by atoms with Gasteiger partial charge in [-0.15, -0.1) is 0 Å². The summed E-state index contributed by atoms with van der Waals surface area (Å²) in [6.45, 7) is 5.84. The van der Waals surface area contributed by atoms with E-state index in [1.165, 1.54) is 57.2 Å². The van der Waals surface area contributed by atoms with Gasteiger partial charge in [0.25, 0.3) is 0 Å². The molecule has 0 spiro atoms. The Bertz CT molecular complexity index is 502. The lowest BCUT2D eigenvalue weighted by atomic mass is 9.60. The Morgan fingerprint density at radius 1 is 1.14 bits per heavy atom. The van der Waals surface area contributed by atoms with Crippen molar-refractivity contribution >= 4 is 0 Å². The molecule has 0 amide bonds. The van der Waals surface area contributed by atoms with Crippen molar-refractivity contribution in [3.05, 3.63) is 35.9 Å². The molecular weight excluding hydrogens is 270 g/mol. The normalized spacial score (nSPS) is 38.0. The van der Waals surface area contributed by atoms with Crippen LogP contribution in [0.25, 0.3) is 0 Å². The molecule has 22 heavy (non-hydrogen) atoms. The second-order valence-corrected chi connectivity index (χ2v) is 7.63. The number of hydrogen-bond acceptors (Lipinski definition) is 2. The van der Waals surface area contributed by atoms with Gasteiger partial charge in [0.15, 0.2) is 0 Å². The maximum atomic E-state index is 6.41. The zero-order valence-corrected chi connectivity index (χ0v) is 13.8. The molecule has 2 heteroatoms. The summed E-state index contributed by atoms with van der Waals surface area (Å²) in [5.74, 6) is 0.776. The lowest BCUT2D eigenvalue weighted by Gasteiger charge is -2.54. The fourth-order valence-electron chi connectivity index (χ4n) is 5.61. The molecule has 0 N–H and O–H groups in total. The highest BCUT2D eigenvalue weighted by Gasteiger charge is 2.54. The van der Waals surface area contributed by atoms with E-state index in [0.29, 0.717) is 11.5 Å². The Hall–Kier alpha value is -0.860. The fraction of sp³-hybridized carbons (Fsp3) is 0.700. The van der Waals surface area contributed by atoms with Gasteiger partial charge >= 0.3 is 0 Å². The van der Waals surface area contributed by atoms with Gasteiger partial charge in [-0.3, -0.25) is 4.90 Å². The van der Waals surface area contributed by atoms with Gasteiger partial charge in [-0.2, -0.15) is 0 Å². The highest BCUT2D eigenvalue weighted by molar-refractivity contribution is 5.14. The summed E-state index contributed by atoms with van der Waals surface area (Å²) >= 11 is 0. The van der Waals surface area contributed by atoms with Crippen LogP contribution in [0.2, 0.25) is 0 Å². The summed E-state index contributed by atoms with van der Waals surface area (Å²) in [6.07, 6.45) is 8.70. The molecule has 1 saturated carbocycles. The molecule has 2 saturated heterocycles. The van der Waals surface area contributed by atoms with E-state index in [2.05, 4.69) is 42.2 Å². The fourth-order valence-corrected chi connectivity index (χ4v) is 5.61. The van der Waals surface area contributed by atoms with Crippen molar-refractivity contribution < 1.29 is 4.74 Å². The maximum absolute atomic E-state index is 6.41. The van der Waals surface area contributed by atoms with E-state index >= 15 is 0 Å². The van der Waals surface area contributed by atoms with Crippen LogP contribution in [0.1, 0.15) is 51.0 Å². The van der Waals surface area contributed by atoms with E-state index in [-0.39, 0.29) is 0 Å². The summed E-state index contributed by atoms with van der Waals surface area (Å²) in [7, 11) is 0. The number of ether oxygens (including phenoxy) is 1. The molecule has 0 radical (unpaired) electrons. The van der Waals surface area contributed by atoms with E-state index in [0.717, 1.165) is 18.6 Å². The highest BCUT2D eigenvalue weighted by atomic mass is 16.5. The quantitative estimate of drug-likeness (QED) is 0.824. The zero-order valence-electron chi connectivity index (χ0n) is 13.8. The first kappa shape index (κ1) is 14.7. The van der Waals surface area contributed by atoms with Gasteiger partial charge in [0.1, 0.15) is 0 Å². The molecule has 3 fully saturated rings. The van der Waals surface area contributed by atoms with Gasteiger partial charge in [0.05, 0.1) is 12.7 Å². The minimum atomic E-state index is 0.480. The van der Waals surface area contributed by atoms with Gasteiger partial charge in [-0.25, -0.2) is 0 Å². The SMILES string of the molecule is CC[C@@]12CCCN3CC[C@H]([C@@H](OCc4ccccc4)CC1)[C@H]32. The van der Waals surface area contributed by atoms with Crippen molar-refractivity contribution in [3.8, 4) is 0 Å². The van der Waals surface area contributed by atoms with E-state index < -0.39 is 0 Å². The maximum Gasteiger partial charge on any atom is 0.0720 e. The highest BCUT2D eigenvalue weighted by Crippen LogP contribution is 2.54. The molecule has 2 heterocycles. The minimum absolute atomic E-state index is 0.480. The molecule has 2 nitrogen and oxygen atoms in total. The van der Waals surface area contributed by atoms with Crippen LogP contribution in [0.3, 0.4) is 0 Å². The number of hydrogen-bond donors (Lipinski definition) is 0. The minimum Gasteiger partial charge on any atom is -0.373 e. The predicted octanol–water partition coefficient (Wildman–Crippen LogP) is 4.25. The molecule has 3 aliphatic rings. The van der Waals surface area contributed by atoms with Crippen LogP contribution < -0.4 is 0 Å². The first-order valence-electron chi connectivity index (χ1n) is 9.22. The van der Waals surface area contributed by atoms with Crippen LogP contribution >= 0.6 is 0 Å². The Morgan fingerprint density at radius 3 is 2.82 bits per heavy atom. The van der Waals surface area contributed by atoms with Crippen LogP contribution in [0.5, 0.6) is 0 Å². The van der Waals surface area contributed by atoms with Crippen molar-refractivity contribution in [1.82, 2.24) is 4.90 Å². The van der Waals surface area contributed by atoms with Crippen LogP contribution in [0.4, 0.5) is 0 Å². The average Bonchev–Trinajstić information content (AvgIpc) is 3.02. The first-order valence-corrected chi connectivity index (χ1v) is 9.22. The number of piperidine rings is 1. The largest absolute Gasteiger partial charge is 0.373 e. The van der Waals surface area contributed by atoms with Gasteiger partial charge in [-0.05, 0) is 62.6 Å². The first-order chi connectivity index (χ1) is 10.8. The van der Waals surface area contributed by atoms with Gasteiger partial charge < -0.3 is 4.74 Å². The zero-order chi connectivity index (χ0) is 15.0. The van der Waals surface area contributed by atoms with Crippen molar-refractivity contribution in [2.24, 2.45) is 11.3 Å². The smallest absolute Gasteiger partial charge is 0.0720 e. The molecule has 1 aromatic rings. The van der Waals surface area contributed by atoms with Gasteiger partial charge in [0.2, 0.25) is 0 Å². The summed E-state index contributed by atoms with van der Waals surface area (Å²) in [5.41, 5.74) is 1.92. The summed E-state index contributed by atoms with van der Waals surface area (Å²) < 4.78 is 6.41. The number of rotatable bonds is 4. The summed E-state index contributed by atoms with van der Waals surface area (Å²) in [5, 5.41) is 0. The Kier molecular flexibility index (Phi) is 4.00. The molecule has 1 aromatic carbocycles. The van der Waals surface area contributed by atoms with Crippen LogP contribution in [0.15, 0.2) is 30.3 Å². The molecule has 0 bridgehead atoms. The molecule has 1 aliphatic carbocycles. The number of nitrogens with zero attached hydrogens (tertiary/aromatic N) is 1. The standard InChI is InChI=1S/C20H29NO/c1-2-20-11-6-13-21-14-10-17(19(20)21)18(9-12-20)22-15-16-7-4-3-5-8-16/h3-5,7-8,17-19H,2,6,9-15H2,1H3/t17-,18+,19+,20-/m1/s1. The Labute approximate surface area is 134 Å². The molecular formula is C20H29NO. The molecule has 2 aliphatic heterocycles. The monoisotopic (exact) mass is 299 g/mol. The summed E-state index contributed by atoms with van der Waals surface area (Å²) in [4.78, 5) is 2.80. The third kappa shape index (κ3) is 2.41. The van der Waals surface area contributed by atoms with E-state index in [4.69, 9.17) is 4.74 Å². The average molecular weight is 299 g/mol. The van der Waals surface area contributed by atoms with Crippen molar-refractivity contribution in [2.75, 3.05) is 13.1 Å². The van der Waals surface area contributed by atoms with E-state index in [1.807, 2.05) is 0 Å². The molecule has 4 atom stereocenters. The second kappa shape index (κ2) is 5.98. The lowest BCUT2D eigenvalue weighted by Crippen LogP contribution is -2.56. The van der Waals surface area contributed by atoms with Gasteiger partial charge in [-0.1, -0.05) is 37.3 Å². The lowest BCUT2D eigenvalue weighted by molar-refractivity contribution is -0.0987. The molecule has 120 valence electrons. The summed E-state index contributed by atoms with van der Waals surface area (Å²) in [6, 6.07) is 11.5. The van der Waals surface area contributed by atoms with Crippen LogP contribution in [-0.2, 0) is 11.3 Å². The number of benzene rings is 1. The van der Waals surface area contributed by atoms with Crippen molar-refractivity contribution in [3.63, 3.8) is 0 Å². The molecule has 4 rings (SSSR count). The molecule has 0 unspecified atom stereocenters. The van der Waals surface area contributed by atoms with Crippen LogP contribution in [-0.4, -0.2) is 30.1 Å². The third-order valence-electron chi connectivity index (χ3n) is 6.71. The molecule has 0 aromatic heterocycles. The third-order valence-corrected chi connectivity index (χ3v) is 6.71. The van der Waals surface area contributed by atoms with E-state index in [1.54, 1.807) is 0 Å². The Balaban J connectivity index is 1.48. The van der Waals surface area contributed by atoms with Gasteiger partial charge in [0, 0.05) is 12.0 Å². The topological polar surface area (TPSA) is 12.5 Å². The second-order valence-electron chi connectivity index (χ2n) is 7.63. The van der Waals surface area contributed by atoms with E-state index in [9.17, 15) is 0 Å². The van der Waals surface area contributed by atoms with Crippen molar-refractivity contribution in [1.29, 1.82) is 0 Å².